The van der Waals surface area contributed by atoms with Crippen LogP contribution in [0.15, 0.2) is 30.3 Å². The summed E-state index contributed by atoms with van der Waals surface area (Å²) in [6.07, 6.45) is 1.35. The summed E-state index contributed by atoms with van der Waals surface area (Å²) in [5, 5.41) is 2.88. The topological polar surface area (TPSA) is 64.3 Å². The fraction of sp³-hybridized carbons (Fsp3) is 0.533. The molecule has 0 aliphatic carbocycles. The average molecular weight is 264 g/mol. The van der Waals surface area contributed by atoms with Gasteiger partial charge in [0, 0.05) is 19.7 Å². The fourth-order valence-corrected chi connectivity index (χ4v) is 1.79. The highest BCUT2D eigenvalue weighted by atomic mass is 16.5. The van der Waals surface area contributed by atoms with Crippen LogP contribution in [0.1, 0.15) is 38.3 Å². The van der Waals surface area contributed by atoms with E-state index in [2.05, 4.69) is 5.32 Å². The minimum Gasteiger partial charge on any atom is -0.369 e. The Hall–Kier alpha value is -1.39. The Morgan fingerprint density at radius 3 is 2.58 bits per heavy atom. The molecule has 0 saturated heterocycles. The molecule has 4 heteroatoms. The van der Waals surface area contributed by atoms with E-state index in [1.54, 1.807) is 14.0 Å². The zero-order valence-electron chi connectivity index (χ0n) is 12.0. The van der Waals surface area contributed by atoms with Crippen molar-refractivity contribution in [3.8, 4) is 0 Å². The lowest BCUT2D eigenvalue weighted by atomic mass is 10.0. The summed E-state index contributed by atoms with van der Waals surface area (Å²) >= 11 is 0. The van der Waals surface area contributed by atoms with Gasteiger partial charge in [0.15, 0.2) is 0 Å². The quantitative estimate of drug-likeness (QED) is 0.791. The lowest BCUT2D eigenvalue weighted by Crippen LogP contribution is -2.46. The van der Waals surface area contributed by atoms with Crippen LogP contribution in [-0.4, -0.2) is 25.2 Å². The summed E-state index contributed by atoms with van der Waals surface area (Å²) in [5.74, 6) is -0.0854. The fourth-order valence-electron chi connectivity index (χ4n) is 1.79. The number of carbonyl (C=O) groups is 1. The summed E-state index contributed by atoms with van der Waals surface area (Å²) < 4.78 is 5.25. The molecule has 1 aromatic rings. The number of nitrogens with two attached hydrogens (primary N) is 1. The van der Waals surface area contributed by atoms with E-state index in [1.807, 2.05) is 37.3 Å². The van der Waals surface area contributed by atoms with Gasteiger partial charge in [-0.2, -0.15) is 0 Å². The van der Waals surface area contributed by atoms with Gasteiger partial charge in [-0.3, -0.25) is 4.79 Å². The maximum absolute atomic E-state index is 12.0. The van der Waals surface area contributed by atoms with E-state index in [0.29, 0.717) is 19.4 Å². The smallest absolute Gasteiger partial charge is 0.251 e. The largest absolute Gasteiger partial charge is 0.369 e. The zero-order chi connectivity index (χ0) is 14.3. The van der Waals surface area contributed by atoms with E-state index in [1.165, 1.54) is 0 Å². The molecule has 0 aliphatic rings. The van der Waals surface area contributed by atoms with Gasteiger partial charge >= 0.3 is 0 Å². The van der Waals surface area contributed by atoms with Gasteiger partial charge in [0.25, 0.3) is 5.91 Å². The van der Waals surface area contributed by atoms with Crippen molar-refractivity contribution >= 4 is 5.91 Å². The maximum Gasteiger partial charge on any atom is 0.251 e. The summed E-state index contributed by atoms with van der Waals surface area (Å²) in [6, 6.07) is 9.83. The molecule has 0 saturated carbocycles. The Labute approximate surface area is 115 Å². The number of hydrogen-bond acceptors (Lipinski definition) is 3. The molecule has 0 radical (unpaired) electrons. The number of ether oxygens (including phenoxy) is 1. The molecular weight excluding hydrogens is 240 g/mol. The molecule has 2 unspecified atom stereocenters. The molecule has 0 bridgehead atoms. The number of hydrogen-bond donors (Lipinski definition) is 2. The van der Waals surface area contributed by atoms with Crippen LogP contribution in [0.3, 0.4) is 0 Å². The molecule has 3 N–H and O–H groups in total. The molecular formula is C15H24N2O2. The Bertz CT molecular complexity index is 388. The second kappa shape index (κ2) is 7.26. The van der Waals surface area contributed by atoms with E-state index >= 15 is 0 Å². The van der Waals surface area contributed by atoms with Gasteiger partial charge < -0.3 is 15.8 Å². The van der Waals surface area contributed by atoms with Crippen LogP contribution in [0.2, 0.25) is 0 Å². The molecule has 0 aromatic heterocycles. The van der Waals surface area contributed by atoms with Gasteiger partial charge in [-0.25, -0.2) is 0 Å². The van der Waals surface area contributed by atoms with Crippen LogP contribution in [0.4, 0.5) is 0 Å². The highest BCUT2D eigenvalue weighted by Crippen LogP contribution is 2.15. The Balaban J connectivity index is 2.40. The van der Waals surface area contributed by atoms with Crippen LogP contribution >= 0.6 is 0 Å². The zero-order valence-corrected chi connectivity index (χ0v) is 12.0. The van der Waals surface area contributed by atoms with E-state index in [4.69, 9.17) is 10.5 Å². The molecule has 4 nitrogen and oxygen atoms in total. The van der Waals surface area contributed by atoms with E-state index in [0.717, 1.165) is 5.56 Å². The number of nitrogens with one attached hydrogen (secondary N) is 1. The van der Waals surface area contributed by atoms with E-state index in [-0.39, 0.29) is 11.9 Å². The first kappa shape index (κ1) is 15.7. The average Bonchev–Trinajstić information content (AvgIpc) is 2.47. The Kier molecular flexibility index (Phi) is 5.99. The van der Waals surface area contributed by atoms with Gasteiger partial charge in [-0.05, 0) is 25.3 Å². The minimum absolute atomic E-state index is 0.0584. The normalized spacial score (nSPS) is 15.6. The highest BCUT2D eigenvalue weighted by molar-refractivity contribution is 5.84. The molecule has 1 amide bonds. The Morgan fingerprint density at radius 1 is 1.42 bits per heavy atom. The predicted molar refractivity (Wildman–Crippen MR) is 76.7 cm³/mol. The van der Waals surface area contributed by atoms with Crippen LogP contribution in [0, 0.1) is 0 Å². The molecule has 19 heavy (non-hydrogen) atoms. The summed E-state index contributed by atoms with van der Waals surface area (Å²) in [7, 11) is 1.55. The summed E-state index contributed by atoms with van der Waals surface area (Å²) in [4.78, 5) is 12.0. The molecule has 1 rings (SSSR count). The second-order valence-corrected chi connectivity index (χ2v) is 4.85. The number of carbonyl (C=O) groups excluding carboxylic acids is 1. The molecule has 2 atom stereocenters. The van der Waals surface area contributed by atoms with Crippen molar-refractivity contribution in [3.63, 3.8) is 0 Å². The Morgan fingerprint density at radius 2 is 2.05 bits per heavy atom. The van der Waals surface area contributed by atoms with Crippen LogP contribution in [0.25, 0.3) is 0 Å². The van der Waals surface area contributed by atoms with Gasteiger partial charge in [-0.1, -0.05) is 37.3 Å². The summed E-state index contributed by atoms with van der Waals surface area (Å²) in [6.45, 7) is 4.27. The molecule has 0 aliphatic heterocycles. The molecule has 106 valence electrons. The third kappa shape index (κ3) is 4.33. The van der Waals surface area contributed by atoms with E-state index in [9.17, 15) is 4.79 Å². The van der Waals surface area contributed by atoms with Crippen molar-refractivity contribution in [2.45, 2.75) is 38.3 Å². The molecule has 1 aromatic carbocycles. The first-order valence-corrected chi connectivity index (χ1v) is 6.67. The van der Waals surface area contributed by atoms with Gasteiger partial charge in [0.05, 0.1) is 0 Å². The second-order valence-electron chi connectivity index (χ2n) is 4.85. The van der Waals surface area contributed by atoms with Crippen molar-refractivity contribution in [3.05, 3.63) is 35.9 Å². The first-order valence-electron chi connectivity index (χ1n) is 6.67. The van der Waals surface area contributed by atoms with Crippen molar-refractivity contribution < 1.29 is 9.53 Å². The SMILES string of the molecule is CCC(C)(OC)C(=O)NCCC(N)c1ccccc1. The van der Waals surface area contributed by atoms with Gasteiger partial charge in [0.1, 0.15) is 5.60 Å². The van der Waals surface area contributed by atoms with Gasteiger partial charge in [0.2, 0.25) is 0 Å². The number of amides is 1. The predicted octanol–water partition coefficient (Wildman–Crippen LogP) is 2.01. The molecule has 0 heterocycles. The summed E-state index contributed by atoms with van der Waals surface area (Å²) in [5.41, 5.74) is 6.40. The van der Waals surface area contributed by atoms with Crippen LogP contribution in [-0.2, 0) is 9.53 Å². The molecule has 0 spiro atoms. The van der Waals surface area contributed by atoms with Crippen molar-refractivity contribution in [2.24, 2.45) is 5.73 Å². The third-order valence-electron chi connectivity index (χ3n) is 3.57. The van der Waals surface area contributed by atoms with Crippen LogP contribution in [0.5, 0.6) is 0 Å². The highest BCUT2D eigenvalue weighted by Gasteiger charge is 2.30. The number of benzene rings is 1. The third-order valence-corrected chi connectivity index (χ3v) is 3.57. The maximum atomic E-state index is 12.0. The first-order chi connectivity index (χ1) is 9.03. The number of rotatable bonds is 7. The van der Waals surface area contributed by atoms with Gasteiger partial charge in [-0.15, -0.1) is 0 Å². The van der Waals surface area contributed by atoms with Crippen molar-refractivity contribution in [1.29, 1.82) is 0 Å². The van der Waals surface area contributed by atoms with Crippen molar-refractivity contribution in [1.82, 2.24) is 5.32 Å². The number of methoxy groups -OCH3 is 1. The lowest BCUT2D eigenvalue weighted by molar-refractivity contribution is -0.141. The molecule has 0 fully saturated rings. The lowest BCUT2D eigenvalue weighted by Gasteiger charge is -2.25. The monoisotopic (exact) mass is 264 g/mol. The minimum atomic E-state index is -0.753. The van der Waals surface area contributed by atoms with Crippen LogP contribution < -0.4 is 11.1 Å². The van der Waals surface area contributed by atoms with E-state index < -0.39 is 5.60 Å². The standard InChI is InChI=1S/C15H24N2O2/c1-4-15(2,19-3)14(18)17-11-10-13(16)12-8-6-5-7-9-12/h5-9,13H,4,10-11,16H2,1-3H3,(H,17,18). The van der Waals surface area contributed by atoms with Crippen molar-refractivity contribution in [2.75, 3.05) is 13.7 Å².